The largest absolute Gasteiger partial charge is 0.377 e. The fraction of sp³-hybridized carbons (Fsp3) is 0.882. The van der Waals surface area contributed by atoms with E-state index in [2.05, 4.69) is 27.0 Å². The molecule has 130 valence electrons. The Morgan fingerprint density at radius 2 is 2.17 bits per heavy atom. The van der Waals surface area contributed by atoms with Crippen molar-refractivity contribution in [1.82, 2.24) is 19.9 Å². The standard InChI is InChI=1S/C17H30N4O2/c1-3-17-18-16(19-23-17)13-21-9-6-7-14(11-21)20(2)12-15-8-4-5-10-22-15/h14-15H,3-13H2,1-2H3/t14-,15+/m1/s1. The van der Waals surface area contributed by atoms with Crippen LogP contribution in [0.3, 0.4) is 0 Å². The van der Waals surface area contributed by atoms with Crippen LogP contribution in [0.5, 0.6) is 0 Å². The number of likely N-dealkylation sites (tertiary alicyclic amines) is 1. The van der Waals surface area contributed by atoms with Crippen molar-refractivity contribution in [2.75, 3.05) is 33.3 Å². The summed E-state index contributed by atoms with van der Waals surface area (Å²) in [4.78, 5) is 9.38. The Bertz CT molecular complexity index is 473. The Morgan fingerprint density at radius 1 is 1.26 bits per heavy atom. The van der Waals surface area contributed by atoms with Gasteiger partial charge in [-0.3, -0.25) is 9.80 Å². The monoisotopic (exact) mass is 322 g/mol. The summed E-state index contributed by atoms with van der Waals surface area (Å²) in [5.41, 5.74) is 0. The Hall–Kier alpha value is -0.980. The molecule has 1 aromatic rings. The minimum absolute atomic E-state index is 0.424. The first-order chi connectivity index (χ1) is 11.2. The topological polar surface area (TPSA) is 54.6 Å². The summed E-state index contributed by atoms with van der Waals surface area (Å²) in [5.74, 6) is 1.56. The second-order valence-electron chi connectivity index (χ2n) is 6.92. The first-order valence-electron chi connectivity index (χ1n) is 9.10. The maximum Gasteiger partial charge on any atom is 0.226 e. The molecule has 3 heterocycles. The van der Waals surface area contributed by atoms with E-state index < -0.39 is 0 Å². The van der Waals surface area contributed by atoms with Gasteiger partial charge in [0.05, 0.1) is 12.6 Å². The fourth-order valence-electron chi connectivity index (χ4n) is 3.65. The van der Waals surface area contributed by atoms with E-state index in [1.54, 1.807) is 0 Å². The summed E-state index contributed by atoms with van der Waals surface area (Å²) in [7, 11) is 2.25. The summed E-state index contributed by atoms with van der Waals surface area (Å²) in [6.07, 6.45) is 7.48. The predicted molar refractivity (Wildman–Crippen MR) is 88.2 cm³/mol. The van der Waals surface area contributed by atoms with Crippen molar-refractivity contribution in [3.05, 3.63) is 11.7 Å². The highest BCUT2D eigenvalue weighted by Crippen LogP contribution is 2.19. The first-order valence-corrected chi connectivity index (χ1v) is 9.10. The van der Waals surface area contributed by atoms with E-state index in [0.29, 0.717) is 12.1 Å². The number of hydrogen-bond donors (Lipinski definition) is 0. The molecule has 6 nitrogen and oxygen atoms in total. The number of aryl methyl sites for hydroxylation is 1. The van der Waals surface area contributed by atoms with Gasteiger partial charge in [0.1, 0.15) is 0 Å². The second-order valence-corrected chi connectivity index (χ2v) is 6.92. The van der Waals surface area contributed by atoms with Crippen molar-refractivity contribution >= 4 is 0 Å². The maximum atomic E-state index is 5.89. The van der Waals surface area contributed by atoms with Gasteiger partial charge in [0, 0.05) is 32.2 Å². The van der Waals surface area contributed by atoms with Gasteiger partial charge in [-0.05, 0) is 45.7 Å². The normalized spacial score (nSPS) is 26.7. The summed E-state index contributed by atoms with van der Waals surface area (Å²) in [6.45, 7) is 7.04. The number of aromatic nitrogens is 2. The lowest BCUT2D eigenvalue weighted by Crippen LogP contribution is -2.48. The second kappa shape index (κ2) is 8.22. The Morgan fingerprint density at radius 3 is 2.91 bits per heavy atom. The van der Waals surface area contributed by atoms with Crippen LogP contribution in [0.1, 0.15) is 50.7 Å². The summed E-state index contributed by atoms with van der Waals surface area (Å²) in [5, 5.41) is 4.08. The van der Waals surface area contributed by atoms with Crippen LogP contribution in [-0.2, 0) is 17.7 Å². The van der Waals surface area contributed by atoms with E-state index in [1.807, 2.05) is 6.92 Å². The van der Waals surface area contributed by atoms with Crippen LogP contribution in [0.2, 0.25) is 0 Å². The van der Waals surface area contributed by atoms with Gasteiger partial charge in [-0.15, -0.1) is 0 Å². The van der Waals surface area contributed by atoms with Gasteiger partial charge in [-0.2, -0.15) is 4.98 Å². The first kappa shape index (κ1) is 16.9. The fourth-order valence-corrected chi connectivity index (χ4v) is 3.65. The van der Waals surface area contributed by atoms with Gasteiger partial charge in [0.15, 0.2) is 5.82 Å². The van der Waals surface area contributed by atoms with Crippen LogP contribution in [0.15, 0.2) is 4.52 Å². The Kier molecular flexibility index (Phi) is 6.02. The average molecular weight is 322 g/mol. The summed E-state index contributed by atoms with van der Waals surface area (Å²) >= 11 is 0. The van der Waals surface area contributed by atoms with E-state index >= 15 is 0 Å². The van der Waals surface area contributed by atoms with Crippen molar-refractivity contribution < 1.29 is 9.26 Å². The van der Waals surface area contributed by atoms with Crippen LogP contribution in [0.4, 0.5) is 0 Å². The average Bonchev–Trinajstić information content (AvgIpc) is 3.03. The minimum Gasteiger partial charge on any atom is -0.377 e. The SMILES string of the molecule is CCc1nc(CN2CCC[C@@H](N(C)C[C@@H]3CCCCO3)C2)no1. The third-order valence-corrected chi connectivity index (χ3v) is 5.05. The lowest BCUT2D eigenvalue weighted by atomic mass is 10.0. The molecule has 1 aromatic heterocycles. The molecular formula is C17H30N4O2. The zero-order valence-electron chi connectivity index (χ0n) is 14.5. The molecule has 0 amide bonds. The predicted octanol–water partition coefficient (Wildman–Crippen LogP) is 2.10. The molecule has 0 saturated carbocycles. The molecular weight excluding hydrogens is 292 g/mol. The van der Waals surface area contributed by atoms with E-state index in [9.17, 15) is 0 Å². The molecule has 0 N–H and O–H groups in total. The van der Waals surface area contributed by atoms with Gasteiger partial charge in [0.25, 0.3) is 0 Å². The number of ether oxygens (including phenoxy) is 1. The highest BCUT2D eigenvalue weighted by atomic mass is 16.5. The molecule has 6 heteroatoms. The van der Waals surface area contributed by atoms with Crippen LogP contribution < -0.4 is 0 Å². The molecule has 3 rings (SSSR count). The Labute approximate surface area is 139 Å². The molecule has 0 bridgehead atoms. The van der Waals surface area contributed by atoms with Crippen molar-refractivity contribution in [3.8, 4) is 0 Å². The lowest BCUT2D eigenvalue weighted by molar-refractivity contribution is -0.0153. The number of hydrogen-bond acceptors (Lipinski definition) is 6. The molecule has 23 heavy (non-hydrogen) atoms. The van der Waals surface area contributed by atoms with Crippen molar-refractivity contribution in [2.45, 2.75) is 64.1 Å². The van der Waals surface area contributed by atoms with E-state index in [1.165, 1.54) is 32.1 Å². The highest BCUT2D eigenvalue weighted by molar-refractivity contribution is 4.89. The lowest BCUT2D eigenvalue weighted by Gasteiger charge is -2.39. The van der Waals surface area contributed by atoms with Gasteiger partial charge < -0.3 is 9.26 Å². The van der Waals surface area contributed by atoms with E-state index in [0.717, 1.165) is 50.9 Å². The zero-order valence-corrected chi connectivity index (χ0v) is 14.5. The maximum absolute atomic E-state index is 5.89. The number of rotatable bonds is 6. The molecule has 0 radical (unpaired) electrons. The van der Waals surface area contributed by atoms with Gasteiger partial charge in [-0.25, -0.2) is 0 Å². The van der Waals surface area contributed by atoms with Gasteiger partial charge >= 0.3 is 0 Å². The number of likely N-dealkylation sites (N-methyl/N-ethyl adjacent to an activating group) is 1. The molecule has 0 aliphatic carbocycles. The Balaban J connectivity index is 1.48. The molecule has 0 unspecified atom stereocenters. The number of nitrogens with zero attached hydrogens (tertiary/aromatic N) is 4. The van der Waals surface area contributed by atoms with Crippen LogP contribution in [0, 0.1) is 0 Å². The van der Waals surface area contributed by atoms with Crippen molar-refractivity contribution in [2.24, 2.45) is 0 Å². The smallest absolute Gasteiger partial charge is 0.226 e. The van der Waals surface area contributed by atoms with Crippen LogP contribution in [0.25, 0.3) is 0 Å². The molecule has 2 saturated heterocycles. The third kappa shape index (κ3) is 4.75. The molecule has 0 spiro atoms. The summed E-state index contributed by atoms with van der Waals surface area (Å²) in [6, 6.07) is 0.604. The van der Waals surface area contributed by atoms with E-state index in [4.69, 9.17) is 9.26 Å². The highest BCUT2D eigenvalue weighted by Gasteiger charge is 2.26. The number of piperidine rings is 1. The van der Waals surface area contributed by atoms with Crippen LogP contribution in [-0.4, -0.2) is 65.4 Å². The van der Waals surface area contributed by atoms with Gasteiger partial charge in [-0.1, -0.05) is 12.1 Å². The third-order valence-electron chi connectivity index (χ3n) is 5.05. The molecule has 2 atom stereocenters. The molecule has 0 aromatic carbocycles. The zero-order chi connectivity index (χ0) is 16.1. The van der Waals surface area contributed by atoms with E-state index in [-0.39, 0.29) is 0 Å². The van der Waals surface area contributed by atoms with Crippen molar-refractivity contribution in [1.29, 1.82) is 0 Å². The quantitative estimate of drug-likeness (QED) is 0.799. The summed E-state index contributed by atoms with van der Waals surface area (Å²) < 4.78 is 11.1. The van der Waals surface area contributed by atoms with Crippen molar-refractivity contribution in [3.63, 3.8) is 0 Å². The minimum atomic E-state index is 0.424. The molecule has 2 aliphatic rings. The van der Waals surface area contributed by atoms with Gasteiger partial charge in [0.2, 0.25) is 5.89 Å². The van der Waals surface area contributed by atoms with Crippen LogP contribution >= 0.6 is 0 Å². The molecule has 2 aliphatic heterocycles. The molecule has 2 fully saturated rings.